The third-order valence-corrected chi connectivity index (χ3v) is 8.12. The summed E-state index contributed by atoms with van der Waals surface area (Å²) in [6.45, 7) is 3.76. The number of nitrogens with one attached hydrogen (secondary N) is 2. The molecule has 0 saturated carbocycles. The lowest BCUT2D eigenvalue weighted by atomic mass is 10.2. The first-order valence-corrected chi connectivity index (χ1v) is 14.0. The van der Waals surface area contributed by atoms with E-state index in [1.54, 1.807) is 97.1 Å². The molecule has 0 unspecified atom stereocenters. The highest BCUT2D eigenvalue weighted by atomic mass is 32.2. The molecule has 184 valence electrons. The van der Waals surface area contributed by atoms with Crippen LogP contribution < -0.4 is 9.44 Å². The molecule has 0 spiro atoms. The van der Waals surface area contributed by atoms with Crippen molar-refractivity contribution < 1.29 is 16.8 Å². The molecule has 0 fully saturated rings. The quantitative estimate of drug-likeness (QED) is 0.293. The van der Waals surface area contributed by atoms with Gasteiger partial charge in [-0.2, -0.15) is 0 Å². The summed E-state index contributed by atoms with van der Waals surface area (Å²) in [4.78, 5) is 4.75. The fraction of sp³-hybridized carbons (Fsp3) is 0.0741. The van der Waals surface area contributed by atoms with Gasteiger partial charge in [-0.05, 0) is 56.3 Å². The molecular weight excluding hydrogens is 494 g/mol. The van der Waals surface area contributed by atoms with Gasteiger partial charge in [0.1, 0.15) is 0 Å². The molecule has 2 N–H and O–H groups in total. The van der Waals surface area contributed by atoms with Crippen LogP contribution in [0.25, 0.3) is 0 Å². The highest BCUT2D eigenvalue weighted by Gasteiger charge is 2.17. The molecule has 0 amide bonds. The van der Waals surface area contributed by atoms with Crippen molar-refractivity contribution in [2.45, 2.75) is 23.6 Å². The number of hydrogen-bond acceptors (Lipinski definition) is 5. The molecule has 9 heteroatoms. The molecule has 0 radical (unpaired) electrons. The van der Waals surface area contributed by atoms with Gasteiger partial charge in [-0.3, -0.25) is 14.4 Å². The number of aryl methyl sites for hydroxylation is 2. The topological polar surface area (TPSA) is 105 Å². The molecule has 4 aromatic rings. The summed E-state index contributed by atoms with van der Waals surface area (Å²) in [5.74, 6) is 0. The van der Waals surface area contributed by atoms with Crippen molar-refractivity contribution in [1.82, 2.24) is 0 Å². The van der Waals surface area contributed by atoms with Crippen molar-refractivity contribution in [1.29, 1.82) is 0 Å². The molecule has 0 aliphatic heterocycles. The first kappa shape index (κ1) is 25.2. The smallest absolute Gasteiger partial charge is 0.261 e. The number of para-hydroxylation sites is 3. The third kappa shape index (κ3) is 5.99. The Labute approximate surface area is 211 Å². The molecule has 0 bridgehead atoms. The molecular formula is C27H25N3O4S2. The van der Waals surface area contributed by atoms with Crippen LogP contribution in [0.5, 0.6) is 0 Å². The fourth-order valence-corrected chi connectivity index (χ4v) is 5.52. The van der Waals surface area contributed by atoms with Gasteiger partial charge in [-0.15, -0.1) is 0 Å². The minimum atomic E-state index is -3.82. The van der Waals surface area contributed by atoms with E-state index in [0.29, 0.717) is 22.6 Å². The molecule has 0 atom stereocenters. The minimum absolute atomic E-state index is 0.141. The maximum Gasteiger partial charge on any atom is 0.261 e. The molecule has 4 rings (SSSR count). The van der Waals surface area contributed by atoms with Crippen LogP contribution in [0.2, 0.25) is 0 Å². The van der Waals surface area contributed by atoms with Crippen molar-refractivity contribution in [2.75, 3.05) is 9.44 Å². The van der Waals surface area contributed by atoms with Gasteiger partial charge in [0.05, 0.1) is 26.9 Å². The normalized spacial score (nSPS) is 11.9. The molecule has 4 aromatic carbocycles. The predicted octanol–water partition coefficient (Wildman–Crippen LogP) is 5.66. The Bertz CT molecular complexity index is 1490. The van der Waals surface area contributed by atoms with Gasteiger partial charge in [0.25, 0.3) is 20.0 Å². The Morgan fingerprint density at radius 2 is 1.03 bits per heavy atom. The largest absolute Gasteiger partial charge is 0.279 e. The summed E-state index contributed by atoms with van der Waals surface area (Å²) in [6, 6.07) is 26.7. The molecule has 0 saturated heterocycles. The van der Waals surface area contributed by atoms with E-state index in [0.717, 1.165) is 11.1 Å². The number of nitrogens with zero attached hydrogens (tertiary/aromatic N) is 1. The second kappa shape index (κ2) is 10.3. The molecule has 0 aromatic heterocycles. The van der Waals surface area contributed by atoms with Crippen molar-refractivity contribution in [3.63, 3.8) is 0 Å². The van der Waals surface area contributed by atoms with Crippen LogP contribution in [-0.4, -0.2) is 23.1 Å². The Morgan fingerprint density at radius 3 is 1.58 bits per heavy atom. The van der Waals surface area contributed by atoms with Gasteiger partial charge in [-0.25, -0.2) is 16.8 Å². The first-order chi connectivity index (χ1) is 17.1. The van der Waals surface area contributed by atoms with Crippen molar-refractivity contribution >= 4 is 43.3 Å². The lowest BCUT2D eigenvalue weighted by Gasteiger charge is -2.12. The zero-order valence-corrected chi connectivity index (χ0v) is 21.3. The lowest BCUT2D eigenvalue weighted by molar-refractivity contribution is 0.599. The van der Waals surface area contributed by atoms with Crippen molar-refractivity contribution in [3.8, 4) is 0 Å². The van der Waals surface area contributed by atoms with Crippen molar-refractivity contribution in [2.24, 2.45) is 4.99 Å². The minimum Gasteiger partial charge on any atom is -0.279 e. The van der Waals surface area contributed by atoms with Gasteiger partial charge >= 0.3 is 0 Å². The number of aliphatic imine (C=N–C) groups is 1. The van der Waals surface area contributed by atoms with Gasteiger partial charge in [0.15, 0.2) is 0 Å². The van der Waals surface area contributed by atoms with E-state index >= 15 is 0 Å². The third-order valence-electron chi connectivity index (χ3n) is 5.36. The number of anilines is 2. The Balaban J connectivity index is 1.60. The van der Waals surface area contributed by atoms with Gasteiger partial charge in [-0.1, -0.05) is 65.7 Å². The standard InChI is InChI=1S/C27H25N3O4S2/c1-20-11-15-23(16-12-20)35(31,32)29-25-8-4-3-7-22(25)19-28-26-9-5-6-10-27(26)30-36(33,34)24-17-13-21(2)14-18-24/h3-19,29-30H,1-2H3. The molecule has 0 heterocycles. The summed E-state index contributed by atoms with van der Waals surface area (Å²) in [5.41, 5.74) is 3.45. The van der Waals surface area contributed by atoms with Crippen LogP contribution in [0.4, 0.5) is 17.1 Å². The number of rotatable bonds is 8. The first-order valence-electron chi connectivity index (χ1n) is 11.1. The van der Waals surface area contributed by atoms with E-state index in [-0.39, 0.29) is 9.79 Å². The summed E-state index contributed by atoms with van der Waals surface area (Å²) < 4.78 is 56.7. The van der Waals surface area contributed by atoms with Crippen molar-refractivity contribution in [3.05, 3.63) is 114 Å². The Kier molecular flexibility index (Phi) is 7.23. The van der Waals surface area contributed by atoms with E-state index in [1.807, 2.05) is 13.8 Å². The SMILES string of the molecule is Cc1ccc(S(=O)(=O)Nc2ccccc2C=Nc2ccccc2NS(=O)(=O)c2ccc(C)cc2)cc1. The van der Waals surface area contributed by atoms with E-state index in [4.69, 9.17) is 0 Å². The highest BCUT2D eigenvalue weighted by Crippen LogP contribution is 2.28. The second-order valence-electron chi connectivity index (χ2n) is 8.20. The number of hydrogen-bond donors (Lipinski definition) is 2. The Morgan fingerprint density at radius 1 is 0.583 bits per heavy atom. The zero-order chi connectivity index (χ0) is 25.8. The van der Waals surface area contributed by atoms with E-state index < -0.39 is 20.0 Å². The molecule has 7 nitrogen and oxygen atoms in total. The lowest BCUT2D eigenvalue weighted by Crippen LogP contribution is -2.14. The summed E-state index contributed by atoms with van der Waals surface area (Å²) in [5, 5.41) is 0. The maximum absolute atomic E-state index is 12.9. The van der Waals surface area contributed by atoms with Crippen LogP contribution in [0.1, 0.15) is 16.7 Å². The van der Waals surface area contributed by atoms with E-state index in [2.05, 4.69) is 14.4 Å². The van der Waals surface area contributed by atoms with Crippen LogP contribution in [0.3, 0.4) is 0 Å². The average Bonchev–Trinajstić information content (AvgIpc) is 2.84. The van der Waals surface area contributed by atoms with Crippen LogP contribution in [-0.2, 0) is 20.0 Å². The van der Waals surface area contributed by atoms with Crippen LogP contribution in [0.15, 0.2) is 112 Å². The van der Waals surface area contributed by atoms with Crippen LogP contribution >= 0.6 is 0 Å². The number of sulfonamides is 2. The Hall–Kier alpha value is -3.95. The second-order valence-corrected chi connectivity index (χ2v) is 11.6. The zero-order valence-electron chi connectivity index (χ0n) is 19.7. The molecule has 0 aliphatic carbocycles. The van der Waals surface area contributed by atoms with E-state index in [1.165, 1.54) is 6.21 Å². The monoisotopic (exact) mass is 519 g/mol. The van der Waals surface area contributed by atoms with Crippen LogP contribution in [0, 0.1) is 13.8 Å². The summed E-state index contributed by atoms with van der Waals surface area (Å²) in [6.07, 6.45) is 1.49. The number of benzene rings is 4. The summed E-state index contributed by atoms with van der Waals surface area (Å²) in [7, 11) is -7.62. The van der Waals surface area contributed by atoms with E-state index in [9.17, 15) is 16.8 Å². The fourth-order valence-electron chi connectivity index (χ4n) is 3.36. The molecule has 36 heavy (non-hydrogen) atoms. The average molecular weight is 520 g/mol. The predicted molar refractivity (Wildman–Crippen MR) is 144 cm³/mol. The van der Waals surface area contributed by atoms with Gasteiger partial charge in [0, 0.05) is 11.8 Å². The highest BCUT2D eigenvalue weighted by molar-refractivity contribution is 7.93. The maximum atomic E-state index is 12.9. The van der Waals surface area contributed by atoms with Gasteiger partial charge in [0.2, 0.25) is 0 Å². The summed E-state index contributed by atoms with van der Waals surface area (Å²) >= 11 is 0. The molecule has 0 aliphatic rings. The van der Waals surface area contributed by atoms with Gasteiger partial charge < -0.3 is 0 Å².